The van der Waals surface area contributed by atoms with Gasteiger partial charge in [-0.15, -0.1) is 5.10 Å². The van der Waals surface area contributed by atoms with Gasteiger partial charge < -0.3 is 0 Å². The van der Waals surface area contributed by atoms with E-state index in [-0.39, 0.29) is 5.82 Å². The van der Waals surface area contributed by atoms with E-state index in [0.717, 1.165) is 17.3 Å². The van der Waals surface area contributed by atoms with E-state index in [4.69, 9.17) is 0 Å². The second-order valence-corrected chi connectivity index (χ2v) is 5.00. The highest BCUT2D eigenvalue weighted by Gasteiger charge is 2.09. The molecule has 1 aromatic carbocycles. The standard InChI is InChI=1S/C12H11FN6S/c1-8-16-12(18-17-8)20-6-11-14-7-15-19(11)10-4-2-9(13)3-5-10/h2-5,7H,6H2,1H3,(H,16,17,18). The van der Waals surface area contributed by atoms with E-state index < -0.39 is 0 Å². The minimum Gasteiger partial charge on any atom is -0.262 e. The van der Waals surface area contributed by atoms with Gasteiger partial charge in [-0.2, -0.15) is 5.10 Å². The van der Waals surface area contributed by atoms with Crippen LogP contribution in [-0.2, 0) is 5.75 Å². The fourth-order valence-corrected chi connectivity index (χ4v) is 2.44. The van der Waals surface area contributed by atoms with Crippen molar-refractivity contribution in [2.45, 2.75) is 17.8 Å². The van der Waals surface area contributed by atoms with Crippen LogP contribution >= 0.6 is 11.8 Å². The zero-order valence-corrected chi connectivity index (χ0v) is 11.4. The van der Waals surface area contributed by atoms with E-state index in [2.05, 4.69) is 25.3 Å². The van der Waals surface area contributed by atoms with Gasteiger partial charge >= 0.3 is 0 Å². The van der Waals surface area contributed by atoms with E-state index in [9.17, 15) is 4.39 Å². The van der Waals surface area contributed by atoms with Gasteiger partial charge in [-0.3, -0.25) is 5.10 Å². The lowest BCUT2D eigenvalue weighted by molar-refractivity contribution is 0.627. The number of hydrogen-bond donors (Lipinski definition) is 1. The van der Waals surface area contributed by atoms with Crippen LogP contribution in [-0.4, -0.2) is 29.9 Å². The third kappa shape index (κ3) is 2.69. The van der Waals surface area contributed by atoms with E-state index >= 15 is 0 Å². The lowest BCUT2D eigenvalue weighted by atomic mass is 10.3. The molecule has 2 heterocycles. The number of thioether (sulfide) groups is 1. The minimum atomic E-state index is -0.277. The normalized spacial score (nSPS) is 10.9. The molecule has 8 heteroatoms. The van der Waals surface area contributed by atoms with E-state index in [1.807, 2.05) is 6.92 Å². The van der Waals surface area contributed by atoms with Crippen LogP contribution in [0.5, 0.6) is 0 Å². The van der Waals surface area contributed by atoms with E-state index in [1.165, 1.54) is 30.2 Å². The van der Waals surface area contributed by atoms with Crippen LogP contribution in [0.15, 0.2) is 35.7 Å². The number of hydrogen-bond acceptors (Lipinski definition) is 5. The Labute approximate surface area is 118 Å². The Morgan fingerprint density at radius 1 is 1.30 bits per heavy atom. The Kier molecular flexibility index (Phi) is 3.46. The first kappa shape index (κ1) is 12.8. The highest BCUT2D eigenvalue weighted by Crippen LogP contribution is 2.19. The molecule has 0 bridgehead atoms. The molecule has 2 aromatic heterocycles. The molecule has 0 aliphatic carbocycles. The zero-order chi connectivity index (χ0) is 13.9. The number of H-pyrrole nitrogens is 1. The topological polar surface area (TPSA) is 72.3 Å². The average molecular weight is 290 g/mol. The van der Waals surface area contributed by atoms with Crippen LogP contribution in [0, 0.1) is 12.7 Å². The van der Waals surface area contributed by atoms with Gasteiger partial charge in [0.2, 0.25) is 5.16 Å². The molecule has 0 saturated carbocycles. The molecule has 3 rings (SSSR count). The molecular weight excluding hydrogens is 279 g/mol. The first-order valence-electron chi connectivity index (χ1n) is 5.89. The van der Waals surface area contributed by atoms with Gasteiger partial charge in [-0.25, -0.2) is 19.0 Å². The number of nitrogens with zero attached hydrogens (tertiary/aromatic N) is 5. The summed E-state index contributed by atoms with van der Waals surface area (Å²) >= 11 is 1.46. The van der Waals surface area contributed by atoms with Crippen molar-refractivity contribution >= 4 is 11.8 Å². The predicted molar refractivity (Wildman–Crippen MR) is 72.0 cm³/mol. The highest BCUT2D eigenvalue weighted by atomic mass is 32.2. The maximum atomic E-state index is 12.9. The summed E-state index contributed by atoms with van der Waals surface area (Å²) in [6.07, 6.45) is 1.47. The SMILES string of the molecule is Cc1nc(SCc2ncnn2-c2ccc(F)cc2)n[nH]1. The number of rotatable bonds is 4. The van der Waals surface area contributed by atoms with Gasteiger partial charge in [0.25, 0.3) is 0 Å². The summed E-state index contributed by atoms with van der Waals surface area (Å²) in [5.41, 5.74) is 0.769. The molecule has 6 nitrogen and oxygen atoms in total. The first-order chi connectivity index (χ1) is 9.72. The summed E-state index contributed by atoms with van der Waals surface area (Å²) in [6.45, 7) is 1.85. The van der Waals surface area contributed by atoms with Crippen LogP contribution < -0.4 is 0 Å². The molecule has 0 aliphatic rings. The van der Waals surface area contributed by atoms with Gasteiger partial charge in [0, 0.05) is 0 Å². The largest absolute Gasteiger partial charge is 0.262 e. The van der Waals surface area contributed by atoms with Crippen molar-refractivity contribution in [1.29, 1.82) is 0 Å². The Bertz CT molecular complexity index is 705. The predicted octanol–water partition coefficient (Wildman–Crippen LogP) is 2.13. The van der Waals surface area contributed by atoms with Gasteiger partial charge in [0.05, 0.1) is 11.4 Å². The zero-order valence-electron chi connectivity index (χ0n) is 10.6. The number of benzene rings is 1. The van der Waals surface area contributed by atoms with Crippen molar-refractivity contribution in [3.8, 4) is 5.69 Å². The average Bonchev–Trinajstić information content (AvgIpc) is 3.06. The fraction of sp³-hybridized carbons (Fsp3) is 0.167. The molecule has 0 atom stereocenters. The van der Waals surface area contributed by atoms with Crippen LogP contribution in [0.2, 0.25) is 0 Å². The van der Waals surface area contributed by atoms with Gasteiger partial charge in [0.1, 0.15) is 23.8 Å². The van der Waals surface area contributed by atoms with Crippen molar-refractivity contribution in [3.63, 3.8) is 0 Å². The summed E-state index contributed by atoms with van der Waals surface area (Å²) in [7, 11) is 0. The molecule has 0 amide bonds. The number of halogens is 1. The van der Waals surface area contributed by atoms with Crippen molar-refractivity contribution in [3.05, 3.63) is 48.1 Å². The molecular formula is C12H11FN6S. The molecule has 20 heavy (non-hydrogen) atoms. The first-order valence-corrected chi connectivity index (χ1v) is 6.87. The Morgan fingerprint density at radius 2 is 2.10 bits per heavy atom. The number of aromatic nitrogens is 6. The second-order valence-electron chi connectivity index (χ2n) is 4.06. The van der Waals surface area contributed by atoms with Crippen LogP contribution in [0.3, 0.4) is 0 Å². The lowest BCUT2D eigenvalue weighted by Gasteiger charge is -2.04. The van der Waals surface area contributed by atoms with Crippen molar-refractivity contribution in [2.24, 2.45) is 0 Å². The van der Waals surface area contributed by atoms with Crippen molar-refractivity contribution < 1.29 is 4.39 Å². The molecule has 3 aromatic rings. The summed E-state index contributed by atoms with van der Waals surface area (Å²) < 4.78 is 14.6. The van der Waals surface area contributed by atoms with Crippen LogP contribution in [0.25, 0.3) is 5.69 Å². The second kappa shape index (κ2) is 5.41. The van der Waals surface area contributed by atoms with Crippen LogP contribution in [0.4, 0.5) is 4.39 Å². The Balaban J connectivity index is 1.78. The molecule has 0 aliphatic heterocycles. The summed E-state index contributed by atoms with van der Waals surface area (Å²) in [5.74, 6) is 1.83. The summed E-state index contributed by atoms with van der Waals surface area (Å²) in [4.78, 5) is 8.42. The molecule has 0 radical (unpaired) electrons. The van der Waals surface area contributed by atoms with E-state index in [1.54, 1.807) is 16.8 Å². The molecule has 0 unspecified atom stereocenters. The number of aryl methyl sites for hydroxylation is 1. The third-order valence-corrected chi connectivity index (χ3v) is 3.44. The Hall–Kier alpha value is -2.22. The van der Waals surface area contributed by atoms with Crippen molar-refractivity contribution in [2.75, 3.05) is 0 Å². The molecule has 102 valence electrons. The van der Waals surface area contributed by atoms with Crippen LogP contribution in [0.1, 0.15) is 11.6 Å². The maximum Gasteiger partial charge on any atom is 0.208 e. The third-order valence-electron chi connectivity index (χ3n) is 2.60. The molecule has 0 spiro atoms. The number of nitrogens with one attached hydrogen (secondary N) is 1. The lowest BCUT2D eigenvalue weighted by Crippen LogP contribution is -2.02. The fourth-order valence-electron chi connectivity index (χ4n) is 1.68. The maximum absolute atomic E-state index is 12.9. The quantitative estimate of drug-likeness (QED) is 0.745. The smallest absolute Gasteiger partial charge is 0.208 e. The number of aromatic amines is 1. The monoisotopic (exact) mass is 290 g/mol. The molecule has 0 fully saturated rings. The van der Waals surface area contributed by atoms with Gasteiger partial charge in [0.15, 0.2) is 0 Å². The molecule has 1 N–H and O–H groups in total. The molecule has 0 saturated heterocycles. The minimum absolute atomic E-state index is 0.277. The Morgan fingerprint density at radius 3 is 2.80 bits per heavy atom. The van der Waals surface area contributed by atoms with Crippen molar-refractivity contribution in [1.82, 2.24) is 29.9 Å². The highest BCUT2D eigenvalue weighted by molar-refractivity contribution is 7.98. The van der Waals surface area contributed by atoms with Gasteiger partial charge in [-0.1, -0.05) is 11.8 Å². The summed E-state index contributed by atoms with van der Waals surface area (Å²) in [6, 6.07) is 6.11. The summed E-state index contributed by atoms with van der Waals surface area (Å²) in [5, 5.41) is 11.7. The van der Waals surface area contributed by atoms with Gasteiger partial charge in [-0.05, 0) is 31.2 Å². The van der Waals surface area contributed by atoms with E-state index in [0.29, 0.717) is 10.9 Å².